The molecule has 102 valence electrons. The Morgan fingerprint density at radius 2 is 2.39 bits per heavy atom. The first-order chi connectivity index (χ1) is 8.35. The topological polar surface area (TPSA) is 95.5 Å². The molecule has 1 aromatic rings. The first-order valence-electron chi connectivity index (χ1n) is 5.63. The van der Waals surface area contributed by atoms with E-state index < -0.39 is 21.7 Å². The Hall–Kier alpha value is -0.960. The molecular formula is C10H17N3O4S. The maximum Gasteiger partial charge on any atom is 0.260 e. The molecule has 2 N–H and O–H groups in total. The molecule has 8 heteroatoms. The summed E-state index contributed by atoms with van der Waals surface area (Å²) in [7, 11) is -3.61. The number of aromatic nitrogens is 2. The highest BCUT2D eigenvalue weighted by atomic mass is 32.2. The smallest absolute Gasteiger partial charge is 0.260 e. The fourth-order valence-corrected chi connectivity index (χ4v) is 3.57. The third-order valence-corrected chi connectivity index (χ3v) is 4.49. The van der Waals surface area contributed by atoms with Crippen LogP contribution < -0.4 is 0 Å². The van der Waals surface area contributed by atoms with Gasteiger partial charge in [-0.3, -0.25) is 5.10 Å². The molecule has 18 heavy (non-hydrogen) atoms. The van der Waals surface area contributed by atoms with Gasteiger partial charge in [0.15, 0.2) is 5.03 Å². The van der Waals surface area contributed by atoms with E-state index in [0.29, 0.717) is 0 Å². The molecule has 2 heterocycles. The predicted molar refractivity (Wildman–Crippen MR) is 63.4 cm³/mol. The van der Waals surface area contributed by atoms with Crippen molar-refractivity contribution in [3.05, 3.63) is 12.3 Å². The van der Waals surface area contributed by atoms with E-state index in [1.807, 2.05) is 0 Å². The molecule has 0 aliphatic carbocycles. The molecule has 0 aromatic carbocycles. The highest BCUT2D eigenvalue weighted by Gasteiger charge is 2.39. The molecule has 2 rings (SSSR count). The number of aromatic amines is 1. The average Bonchev–Trinajstić information content (AvgIpc) is 2.80. The van der Waals surface area contributed by atoms with E-state index >= 15 is 0 Å². The van der Waals surface area contributed by atoms with Gasteiger partial charge in [0.1, 0.15) is 0 Å². The Morgan fingerprint density at radius 3 is 2.94 bits per heavy atom. The van der Waals surface area contributed by atoms with Crippen molar-refractivity contribution in [1.82, 2.24) is 14.5 Å². The fourth-order valence-electron chi connectivity index (χ4n) is 2.05. The van der Waals surface area contributed by atoms with Crippen LogP contribution in [0.2, 0.25) is 0 Å². The van der Waals surface area contributed by atoms with Crippen molar-refractivity contribution in [2.45, 2.75) is 30.6 Å². The first-order valence-corrected chi connectivity index (χ1v) is 7.07. The van der Waals surface area contributed by atoms with Gasteiger partial charge in [0.2, 0.25) is 0 Å². The minimum absolute atomic E-state index is 0.0527. The van der Waals surface area contributed by atoms with Crippen LogP contribution in [0.4, 0.5) is 0 Å². The number of nitrogens with one attached hydrogen (secondary N) is 1. The number of rotatable bonds is 3. The second kappa shape index (κ2) is 4.61. The molecule has 1 atom stereocenters. The Bertz CT molecular complexity index is 497. The summed E-state index contributed by atoms with van der Waals surface area (Å²) < 4.78 is 31.5. The number of ether oxygens (including phenoxy) is 1. The van der Waals surface area contributed by atoms with Gasteiger partial charge >= 0.3 is 0 Å². The molecule has 0 amide bonds. The molecular weight excluding hydrogens is 258 g/mol. The van der Waals surface area contributed by atoms with Crippen LogP contribution in [-0.4, -0.2) is 59.4 Å². The number of aliphatic hydroxyl groups is 1. The molecule has 7 nitrogen and oxygen atoms in total. The quantitative estimate of drug-likeness (QED) is 0.780. The van der Waals surface area contributed by atoms with Gasteiger partial charge in [-0.1, -0.05) is 0 Å². The second-order valence-corrected chi connectivity index (χ2v) is 6.81. The number of hydrogen-bond donors (Lipinski definition) is 2. The van der Waals surface area contributed by atoms with Crippen LogP contribution in [-0.2, 0) is 14.8 Å². The summed E-state index contributed by atoms with van der Waals surface area (Å²) in [5.74, 6) is 0. The molecule has 1 aliphatic rings. The number of nitrogens with zero attached hydrogens (tertiary/aromatic N) is 2. The molecule has 0 saturated carbocycles. The monoisotopic (exact) mass is 275 g/mol. The fraction of sp³-hybridized carbons (Fsp3) is 0.700. The maximum absolute atomic E-state index is 12.3. The summed E-state index contributed by atoms with van der Waals surface area (Å²) >= 11 is 0. The normalized spacial score (nSPS) is 25.2. The maximum atomic E-state index is 12.3. The lowest BCUT2D eigenvalue weighted by Gasteiger charge is -2.41. The lowest BCUT2D eigenvalue weighted by molar-refractivity contribution is -0.131. The largest absolute Gasteiger partial charge is 0.394 e. The molecule has 1 aromatic heterocycles. The molecule has 1 aliphatic heterocycles. The first kappa shape index (κ1) is 13.5. The van der Waals surface area contributed by atoms with Crippen molar-refractivity contribution >= 4 is 10.0 Å². The third kappa shape index (κ3) is 2.56. The van der Waals surface area contributed by atoms with Gasteiger partial charge in [-0.05, 0) is 19.9 Å². The van der Waals surface area contributed by atoms with Crippen molar-refractivity contribution in [3.63, 3.8) is 0 Å². The zero-order valence-corrected chi connectivity index (χ0v) is 11.1. The summed E-state index contributed by atoms with van der Waals surface area (Å²) in [4.78, 5) is 0. The molecule has 0 bridgehead atoms. The summed E-state index contributed by atoms with van der Waals surface area (Å²) in [5.41, 5.74) is -0.626. The van der Waals surface area contributed by atoms with Gasteiger partial charge in [-0.15, -0.1) is 0 Å². The minimum Gasteiger partial charge on any atom is -0.394 e. The van der Waals surface area contributed by atoms with Crippen molar-refractivity contribution in [2.75, 3.05) is 19.7 Å². The predicted octanol–water partition coefficient (Wildman–Crippen LogP) is -0.430. The Labute approximate surface area is 106 Å². The van der Waals surface area contributed by atoms with Gasteiger partial charge in [0.25, 0.3) is 10.0 Å². The van der Waals surface area contributed by atoms with Crippen LogP contribution in [0.1, 0.15) is 13.8 Å². The third-order valence-electron chi connectivity index (χ3n) is 2.75. The zero-order valence-electron chi connectivity index (χ0n) is 10.3. The van der Waals surface area contributed by atoms with Crippen LogP contribution in [0.25, 0.3) is 0 Å². The SMILES string of the molecule is CC1(C)CN(S(=O)(=O)c2ccn[nH]2)CC(CO)O1. The van der Waals surface area contributed by atoms with Crippen LogP contribution in [0.15, 0.2) is 17.3 Å². The highest BCUT2D eigenvalue weighted by molar-refractivity contribution is 7.89. The van der Waals surface area contributed by atoms with E-state index in [9.17, 15) is 13.5 Å². The summed E-state index contributed by atoms with van der Waals surface area (Å²) in [5, 5.41) is 15.3. The van der Waals surface area contributed by atoms with Crippen LogP contribution in [0, 0.1) is 0 Å². The lowest BCUT2D eigenvalue weighted by Crippen LogP contribution is -2.55. The van der Waals surface area contributed by atoms with E-state index in [0.717, 1.165) is 0 Å². The van der Waals surface area contributed by atoms with Crippen molar-refractivity contribution in [3.8, 4) is 0 Å². The summed E-state index contributed by atoms with van der Waals surface area (Å²) in [6, 6.07) is 1.41. The molecule has 0 spiro atoms. The molecule has 1 fully saturated rings. The van der Waals surface area contributed by atoms with E-state index in [-0.39, 0.29) is 24.7 Å². The summed E-state index contributed by atoms with van der Waals surface area (Å²) in [6.07, 6.45) is 0.883. The van der Waals surface area contributed by atoms with E-state index in [4.69, 9.17) is 4.74 Å². The van der Waals surface area contributed by atoms with Crippen molar-refractivity contribution in [2.24, 2.45) is 0 Å². The lowest BCUT2D eigenvalue weighted by atomic mass is 10.1. The van der Waals surface area contributed by atoms with Gasteiger partial charge < -0.3 is 9.84 Å². The number of H-pyrrole nitrogens is 1. The number of hydrogen-bond acceptors (Lipinski definition) is 5. The van der Waals surface area contributed by atoms with Gasteiger partial charge in [0, 0.05) is 13.1 Å². The van der Waals surface area contributed by atoms with Gasteiger partial charge in [-0.25, -0.2) is 8.42 Å². The number of morpholine rings is 1. The van der Waals surface area contributed by atoms with Gasteiger partial charge in [-0.2, -0.15) is 9.40 Å². The minimum atomic E-state index is -3.61. The standard InChI is InChI=1S/C10H17N3O4S/c1-10(2)7-13(5-8(6-14)17-10)18(15,16)9-3-4-11-12-9/h3-4,8,14H,5-7H2,1-2H3,(H,11,12). The number of sulfonamides is 1. The van der Waals surface area contributed by atoms with Crippen molar-refractivity contribution < 1.29 is 18.3 Å². The second-order valence-electron chi connectivity index (χ2n) is 4.90. The zero-order chi connectivity index (χ0) is 13.4. The molecule has 1 unspecified atom stereocenters. The van der Waals surface area contributed by atoms with Gasteiger partial charge in [0.05, 0.1) is 24.5 Å². The van der Waals surface area contributed by atoms with E-state index in [2.05, 4.69) is 10.2 Å². The van der Waals surface area contributed by atoms with Crippen LogP contribution in [0.5, 0.6) is 0 Å². The Balaban J connectivity index is 2.28. The highest BCUT2D eigenvalue weighted by Crippen LogP contribution is 2.25. The number of aliphatic hydroxyl groups excluding tert-OH is 1. The average molecular weight is 275 g/mol. The van der Waals surface area contributed by atoms with Crippen LogP contribution >= 0.6 is 0 Å². The van der Waals surface area contributed by atoms with E-state index in [1.165, 1.54) is 16.6 Å². The van der Waals surface area contributed by atoms with Crippen LogP contribution in [0.3, 0.4) is 0 Å². The van der Waals surface area contributed by atoms with Crippen molar-refractivity contribution in [1.29, 1.82) is 0 Å². The Kier molecular flexibility index (Phi) is 3.45. The molecule has 1 saturated heterocycles. The van der Waals surface area contributed by atoms with E-state index in [1.54, 1.807) is 13.8 Å². The summed E-state index contributed by atoms with van der Waals surface area (Å²) in [6.45, 7) is 3.76. The Morgan fingerprint density at radius 1 is 1.67 bits per heavy atom. The molecule has 0 radical (unpaired) electrons.